The molecular weight excluding hydrogens is 696 g/mol. The summed E-state index contributed by atoms with van der Waals surface area (Å²) in [6, 6.07) is 17.4. The number of allylic oxidation sites excluding steroid dienone is 2. The van der Waals surface area contributed by atoms with Crippen LogP contribution in [0.15, 0.2) is 84.6 Å². The van der Waals surface area contributed by atoms with Gasteiger partial charge in [-0.25, -0.2) is 4.98 Å². The summed E-state index contributed by atoms with van der Waals surface area (Å²) in [5.41, 5.74) is 1.51. The number of nitrogens with zero attached hydrogens (tertiary/aromatic N) is 2. The maximum atomic E-state index is 15.3. The molecule has 0 bridgehead atoms. The van der Waals surface area contributed by atoms with Gasteiger partial charge in [0.15, 0.2) is 5.82 Å². The number of hydrogen-bond donors (Lipinski definition) is 3. The maximum absolute atomic E-state index is 15.3. The molecule has 6 unspecified atom stereocenters. The zero-order valence-electron chi connectivity index (χ0n) is 25.7. The van der Waals surface area contributed by atoms with Gasteiger partial charge in [0, 0.05) is 22.5 Å². The molecule has 2 aliphatic carbocycles. The van der Waals surface area contributed by atoms with Crippen LogP contribution in [0.25, 0.3) is 10.8 Å². The highest BCUT2D eigenvalue weighted by atomic mass is 35.5. The number of phenols is 1. The third-order valence-electron chi connectivity index (χ3n) is 10.6. The SMILES string of the molecule is O=C1NC(=O)C2C1CC=C1C2CC2C(=O)N(Nc3ncc(C(F)(F)F)cc3Cl)C(=O)C2(c2ccc(Cl)cc2)C1c1ccc(O)c2ccccc12. The number of aromatic nitrogens is 1. The minimum atomic E-state index is -4.74. The van der Waals surface area contributed by atoms with Gasteiger partial charge in [-0.05, 0) is 59.5 Å². The molecule has 4 aromatic rings. The van der Waals surface area contributed by atoms with Gasteiger partial charge in [0.1, 0.15) is 5.75 Å². The predicted octanol–water partition coefficient (Wildman–Crippen LogP) is 6.54. The summed E-state index contributed by atoms with van der Waals surface area (Å²) in [7, 11) is 0. The van der Waals surface area contributed by atoms with Crippen molar-refractivity contribution in [2.75, 3.05) is 5.43 Å². The Morgan fingerprint density at radius 3 is 2.36 bits per heavy atom. The molecule has 254 valence electrons. The van der Waals surface area contributed by atoms with Crippen LogP contribution in [0.1, 0.15) is 35.4 Å². The van der Waals surface area contributed by atoms with E-state index >= 15 is 4.79 Å². The van der Waals surface area contributed by atoms with Gasteiger partial charge < -0.3 is 5.11 Å². The average Bonchev–Trinajstić information content (AvgIpc) is 3.49. The van der Waals surface area contributed by atoms with Gasteiger partial charge in [-0.3, -0.25) is 29.9 Å². The molecule has 8 rings (SSSR count). The number of rotatable bonds is 4. The standard InChI is InChI=1S/C36H25Cl2F3N4O5/c37-18-7-5-16(6-8-18)35-25(33(49)45(34(35)50)44-30-26(38)13-17(15-42-30)36(39,40)41)14-24-22(9-10-23-28(24)32(48)43-31(23)47)29(35)21-11-12-27(46)20-4-2-1-3-19(20)21/h1-9,11-13,15,23-25,28-29,46H,10,14H2,(H,42,44)(H,43,47,48). The highest BCUT2D eigenvalue weighted by Crippen LogP contribution is 2.64. The summed E-state index contributed by atoms with van der Waals surface area (Å²) in [4.78, 5) is 60.0. The van der Waals surface area contributed by atoms with Crippen LogP contribution in [0, 0.1) is 23.7 Å². The molecular formula is C36H25Cl2F3N4O5. The number of aromatic hydroxyl groups is 1. The van der Waals surface area contributed by atoms with E-state index in [4.69, 9.17) is 23.2 Å². The third kappa shape index (κ3) is 4.57. The molecule has 2 saturated heterocycles. The molecule has 1 saturated carbocycles. The van der Waals surface area contributed by atoms with E-state index in [1.807, 2.05) is 6.08 Å². The van der Waals surface area contributed by atoms with Crippen LogP contribution < -0.4 is 10.7 Å². The van der Waals surface area contributed by atoms with Crippen LogP contribution in [0.4, 0.5) is 19.0 Å². The van der Waals surface area contributed by atoms with Crippen molar-refractivity contribution < 1.29 is 37.5 Å². The second-order valence-corrected chi connectivity index (χ2v) is 13.8. The van der Waals surface area contributed by atoms with Crippen molar-refractivity contribution in [1.82, 2.24) is 15.3 Å². The zero-order valence-corrected chi connectivity index (χ0v) is 27.2. The first kappa shape index (κ1) is 32.3. The van der Waals surface area contributed by atoms with E-state index in [0.717, 1.165) is 5.01 Å². The van der Waals surface area contributed by atoms with Gasteiger partial charge in [-0.2, -0.15) is 18.2 Å². The van der Waals surface area contributed by atoms with E-state index in [2.05, 4.69) is 15.7 Å². The quantitative estimate of drug-likeness (QED) is 0.161. The van der Waals surface area contributed by atoms with Crippen molar-refractivity contribution in [3.63, 3.8) is 0 Å². The normalized spacial score (nSPS) is 27.5. The Morgan fingerprint density at radius 1 is 0.940 bits per heavy atom. The van der Waals surface area contributed by atoms with Crippen LogP contribution in [0.3, 0.4) is 0 Å². The molecule has 1 aromatic heterocycles. The molecule has 50 heavy (non-hydrogen) atoms. The van der Waals surface area contributed by atoms with Crippen molar-refractivity contribution in [3.8, 4) is 5.75 Å². The number of nitrogens with one attached hydrogen (secondary N) is 2. The molecule has 3 heterocycles. The Hall–Kier alpha value is -4.94. The minimum absolute atomic E-state index is 0.000230. The fraction of sp³-hybridized carbons (Fsp3) is 0.250. The smallest absolute Gasteiger partial charge is 0.417 e. The Balaban J connectivity index is 1.38. The van der Waals surface area contributed by atoms with E-state index in [-0.39, 0.29) is 24.4 Å². The Kier molecular flexibility index (Phi) is 7.29. The third-order valence-corrected chi connectivity index (χ3v) is 11.2. The highest BCUT2D eigenvalue weighted by Gasteiger charge is 2.70. The molecule has 3 N–H and O–H groups in total. The summed E-state index contributed by atoms with van der Waals surface area (Å²) in [5.74, 6) is -6.82. The molecule has 4 aliphatic rings. The van der Waals surface area contributed by atoms with Crippen LogP contribution in [-0.2, 0) is 30.8 Å². The predicted molar refractivity (Wildman–Crippen MR) is 176 cm³/mol. The van der Waals surface area contributed by atoms with Gasteiger partial charge in [0.2, 0.25) is 11.8 Å². The fourth-order valence-corrected chi connectivity index (χ4v) is 8.93. The van der Waals surface area contributed by atoms with Crippen LogP contribution in [-0.4, -0.2) is 38.7 Å². The van der Waals surface area contributed by atoms with Gasteiger partial charge in [-0.1, -0.05) is 77.3 Å². The first-order valence-electron chi connectivity index (χ1n) is 15.7. The average molecular weight is 722 g/mol. The summed E-state index contributed by atoms with van der Waals surface area (Å²) in [5, 5.41) is 15.0. The number of pyridine rings is 1. The van der Waals surface area contributed by atoms with Crippen molar-refractivity contribution in [2.45, 2.75) is 30.4 Å². The van der Waals surface area contributed by atoms with Gasteiger partial charge >= 0.3 is 6.18 Å². The highest BCUT2D eigenvalue weighted by molar-refractivity contribution is 6.33. The topological polar surface area (TPSA) is 129 Å². The van der Waals surface area contributed by atoms with E-state index in [9.17, 15) is 32.7 Å². The second-order valence-electron chi connectivity index (χ2n) is 13.0. The Morgan fingerprint density at radius 2 is 1.66 bits per heavy atom. The molecule has 2 aliphatic heterocycles. The zero-order chi connectivity index (χ0) is 35.3. The number of amides is 4. The number of alkyl halides is 3. The van der Waals surface area contributed by atoms with Crippen molar-refractivity contribution in [3.05, 3.63) is 111 Å². The summed E-state index contributed by atoms with van der Waals surface area (Å²) in [6.07, 6.45) is -2.09. The summed E-state index contributed by atoms with van der Waals surface area (Å²) in [6.45, 7) is 0. The van der Waals surface area contributed by atoms with Gasteiger partial charge in [0.25, 0.3) is 11.8 Å². The van der Waals surface area contributed by atoms with E-state index in [0.29, 0.717) is 44.8 Å². The number of halogens is 5. The molecule has 3 fully saturated rings. The number of fused-ring (bicyclic) bond motifs is 5. The monoisotopic (exact) mass is 720 g/mol. The number of hydrazine groups is 1. The lowest BCUT2D eigenvalue weighted by Crippen LogP contribution is -2.53. The number of carbonyl (C=O) groups is 4. The molecule has 3 aromatic carbocycles. The van der Waals surface area contributed by atoms with Gasteiger partial charge in [-0.15, -0.1) is 0 Å². The largest absolute Gasteiger partial charge is 0.507 e. The number of benzene rings is 3. The lowest BCUT2D eigenvalue weighted by atomic mass is 9.49. The van der Waals surface area contributed by atoms with E-state index in [1.54, 1.807) is 54.6 Å². The molecule has 6 atom stereocenters. The van der Waals surface area contributed by atoms with Crippen molar-refractivity contribution in [2.24, 2.45) is 23.7 Å². The first-order valence-corrected chi connectivity index (χ1v) is 16.5. The minimum Gasteiger partial charge on any atom is -0.507 e. The lowest BCUT2D eigenvalue weighted by Gasteiger charge is -2.51. The van der Waals surface area contributed by atoms with E-state index in [1.165, 1.54) is 6.07 Å². The molecule has 0 spiro atoms. The molecule has 14 heteroatoms. The Labute approximate surface area is 292 Å². The number of anilines is 1. The molecule has 0 radical (unpaired) electrons. The maximum Gasteiger partial charge on any atom is 0.417 e. The molecule has 9 nitrogen and oxygen atoms in total. The first-order chi connectivity index (χ1) is 23.8. The summed E-state index contributed by atoms with van der Waals surface area (Å²) < 4.78 is 40.2. The fourth-order valence-electron chi connectivity index (χ4n) is 8.60. The number of carbonyl (C=O) groups excluding carboxylic acids is 4. The lowest BCUT2D eigenvalue weighted by molar-refractivity contribution is -0.139. The van der Waals surface area contributed by atoms with Crippen LogP contribution in [0.2, 0.25) is 10.0 Å². The number of phenolic OH excluding ortho intramolecular Hbond substituents is 1. The number of hydrogen-bond acceptors (Lipinski definition) is 7. The summed E-state index contributed by atoms with van der Waals surface area (Å²) >= 11 is 12.5. The van der Waals surface area contributed by atoms with E-state index < -0.39 is 75.4 Å². The Bertz CT molecular complexity index is 2190. The van der Waals surface area contributed by atoms with Gasteiger partial charge in [0.05, 0.1) is 33.8 Å². The molecule has 4 amide bonds. The number of imide groups is 2. The van der Waals surface area contributed by atoms with Crippen molar-refractivity contribution in [1.29, 1.82) is 0 Å². The van der Waals surface area contributed by atoms with Crippen LogP contribution in [0.5, 0.6) is 5.75 Å². The van der Waals surface area contributed by atoms with Crippen molar-refractivity contribution >= 4 is 63.4 Å². The van der Waals surface area contributed by atoms with Crippen LogP contribution >= 0.6 is 23.2 Å². The second kappa shape index (κ2) is 11.3.